The highest BCUT2D eigenvalue weighted by Crippen LogP contribution is 2.21. The summed E-state index contributed by atoms with van der Waals surface area (Å²) in [6.07, 6.45) is 3.29. The Hall–Kier alpha value is -1.10. The minimum absolute atomic E-state index is 0.0900. The molecule has 3 unspecified atom stereocenters. The van der Waals surface area contributed by atoms with Gasteiger partial charge in [-0.05, 0) is 26.7 Å². The first-order valence-electron chi connectivity index (χ1n) is 7.16. The lowest BCUT2D eigenvalue weighted by molar-refractivity contribution is -0.148. The number of carbonyl (C=O) groups excluding carboxylic acids is 2. The normalized spacial score (nSPS) is 24.6. The predicted molar refractivity (Wildman–Crippen MR) is 71.6 cm³/mol. The van der Waals surface area contributed by atoms with Crippen molar-refractivity contribution in [3.8, 4) is 0 Å². The van der Waals surface area contributed by atoms with Gasteiger partial charge in [-0.2, -0.15) is 0 Å². The number of ether oxygens (including phenoxy) is 2. The van der Waals surface area contributed by atoms with Gasteiger partial charge in [-0.1, -0.05) is 13.3 Å². The fourth-order valence-corrected chi connectivity index (χ4v) is 2.47. The summed E-state index contributed by atoms with van der Waals surface area (Å²) in [6, 6.07) is 0.196. The van der Waals surface area contributed by atoms with E-state index in [0.29, 0.717) is 19.6 Å². The number of rotatable bonds is 6. The van der Waals surface area contributed by atoms with Gasteiger partial charge >= 0.3 is 11.9 Å². The van der Waals surface area contributed by atoms with E-state index in [4.69, 9.17) is 9.47 Å². The molecule has 0 spiro atoms. The van der Waals surface area contributed by atoms with Gasteiger partial charge in [0.05, 0.1) is 25.6 Å². The van der Waals surface area contributed by atoms with Crippen molar-refractivity contribution >= 4 is 11.9 Å². The highest BCUT2D eigenvalue weighted by atomic mass is 16.5. The van der Waals surface area contributed by atoms with E-state index in [9.17, 15) is 9.59 Å². The molecule has 5 heteroatoms. The van der Waals surface area contributed by atoms with Crippen molar-refractivity contribution in [3.05, 3.63) is 0 Å². The van der Waals surface area contributed by atoms with Crippen LogP contribution in [-0.4, -0.2) is 37.2 Å². The van der Waals surface area contributed by atoms with Gasteiger partial charge in [0.15, 0.2) is 0 Å². The maximum Gasteiger partial charge on any atom is 0.310 e. The first-order valence-corrected chi connectivity index (χ1v) is 7.16. The highest BCUT2D eigenvalue weighted by molar-refractivity contribution is 5.73. The van der Waals surface area contributed by atoms with Crippen LogP contribution in [0.5, 0.6) is 0 Å². The second-order valence-corrected chi connectivity index (χ2v) is 4.95. The van der Waals surface area contributed by atoms with E-state index in [1.807, 2.05) is 13.8 Å². The number of esters is 2. The molecule has 0 aromatic heterocycles. The zero-order valence-electron chi connectivity index (χ0n) is 12.1. The van der Waals surface area contributed by atoms with Crippen LogP contribution < -0.4 is 5.32 Å². The molecular weight excluding hydrogens is 246 g/mol. The van der Waals surface area contributed by atoms with Gasteiger partial charge in [-0.15, -0.1) is 0 Å². The van der Waals surface area contributed by atoms with Crippen molar-refractivity contribution in [1.82, 2.24) is 5.32 Å². The molecule has 0 bridgehead atoms. The molecule has 110 valence electrons. The van der Waals surface area contributed by atoms with Gasteiger partial charge in [-0.3, -0.25) is 9.59 Å². The second-order valence-electron chi connectivity index (χ2n) is 4.95. The Balaban J connectivity index is 2.45. The van der Waals surface area contributed by atoms with E-state index in [1.54, 1.807) is 6.92 Å². The van der Waals surface area contributed by atoms with Crippen LogP contribution in [0.3, 0.4) is 0 Å². The molecule has 0 amide bonds. The fraction of sp³-hybridized carbons (Fsp3) is 0.857. The monoisotopic (exact) mass is 271 g/mol. The summed E-state index contributed by atoms with van der Waals surface area (Å²) >= 11 is 0. The Morgan fingerprint density at radius 2 is 1.89 bits per heavy atom. The van der Waals surface area contributed by atoms with Gasteiger partial charge in [0.1, 0.15) is 0 Å². The molecule has 0 saturated carbocycles. The van der Waals surface area contributed by atoms with E-state index >= 15 is 0 Å². The minimum Gasteiger partial charge on any atom is -0.466 e. The van der Waals surface area contributed by atoms with Crippen LogP contribution in [0.15, 0.2) is 0 Å². The second kappa shape index (κ2) is 8.15. The van der Waals surface area contributed by atoms with Crippen molar-refractivity contribution in [2.45, 2.75) is 58.5 Å². The summed E-state index contributed by atoms with van der Waals surface area (Å²) in [5, 5.41) is 3.38. The fourth-order valence-electron chi connectivity index (χ4n) is 2.47. The maximum atomic E-state index is 11.7. The third kappa shape index (κ3) is 5.19. The van der Waals surface area contributed by atoms with Crippen molar-refractivity contribution < 1.29 is 19.1 Å². The lowest BCUT2D eigenvalue weighted by Gasteiger charge is -2.33. The van der Waals surface area contributed by atoms with Crippen LogP contribution in [0.4, 0.5) is 0 Å². The van der Waals surface area contributed by atoms with Crippen molar-refractivity contribution in [2.24, 2.45) is 5.92 Å². The third-order valence-electron chi connectivity index (χ3n) is 3.50. The number of nitrogens with one attached hydrogen (secondary N) is 1. The van der Waals surface area contributed by atoms with Crippen LogP contribution in [-0.2, 0) is 19.1 Å². The van der Waals surface area contributed by atoms with Crippen LogP contribution >= 0.6 is 0 Å². The Bertz CT molecular complexity index is 306. The van der Waals surface area contributed by atoms with Crippen molar-refractivity contribution in [2.75, 3.05) is 13.2 Å². The van der Waals surface area contributed by atoms with E-state index in [1.165, 1.54) is 0 Å². The molecule has 0 aromatic carbocycles. The SMILES string of the molecule is CCOC(=O)CC1CCCC(C(C)C(=O)OCC)N1. The van der Waals surface area contributed by atoms with E-state index in [0.717, 1.165) is 19.3 Å². The summed E-state index contributed by atoms with van der Waals surface area (Å²) in [6.45, 7) is 6.30. The van der Waals surface area contributed by atoms with Gasteiger partial charge in [0, 0.05) is 12.1 Å². The van der Waals surface area contributed by atoms with Gasteiger partial charge < -0.3 is 14.8 Å². The lowest BCUT2D eigenvalue weighted by atomic mass is 9.89. The predicted octanol–water partition coefficient (Wildman–Crippen LogP) is 1.65. The molecule has 1 N–H and O–H groups in total. The van der Waals surface area contributed by atoms with Crippen LogP contribution in [0.1, 0.15) is 46.5 Å². The van der Waals surface area contributed by atoms with Gasteiger partial charge in [0.25, 0.3) is 0 Å². The Morgan fingerprint density at radius 1 is 1.21 bits per heavy atom. The van der Waals surface area contributed by atoms with Crippen molar-refractivity contribution in [1.29, 1.82) is 0 Å². The summed E-state index contributed by atoms with van der Waals surface area (Å²) in [4.78, 5) is 23.2. The van der Waals surface area contributed by atoms with Crippen molar-refractivity contribution in [3.63, 3.8) is 0 Å². The molecule has 3 atom stereocenters. The topological polar surface area (TPSA) is 64.6 Å². The molecule has 1 rings (SSSR count). The van der Waals surface area contributed by atoms with E-state index < -0.39 is 0 Å². The zero-order valence-corrected chi connectivity index (χ0v) is 12.1. The number of carbonyl (C=O) groups is 2. The van der Waals surface area contributed by atoms with E-state index in [2.05, 4.69) is 5.32 Å². The van der Waals surface area contributed by atoms with Gasteiger partial charge in [0.2, 0.25) is 0 Å². The smallest absolute Gasteiger partial charge is 0.310 e. The molecule has 19 heavy (non-hydrogen) atoms. The summed E-state index contributed by atoms with van der Waals surface area (Å²) in [5.74, 6) is -0.522. The van der Waals surface area contributed by atoms with Crippen LogP contribution in [0.25, 0.3) is 0 Å². The average molecular weight is 271 g/mol. The summed E-state index contributed by atoms with van der Waals surface area (Å²) in [5.41, 5.74) is 0. The highest BCUT2D eigenvalue weighted by Gasteiger charge is 2.30. The third-order valence-corrected chi connectivity index (χ3v) is 3.50. The molecule has 1 saturated heterocycles. The number of hydrogen-bond donors (Lipinski definition) is 1. The molecule has 1 aliphatic rings. The van der Waals surface area contributed by atoms with E-state index in [-0.39, 0.29) is 29.9 Å². The molecule has 1 aliphatic heterocycles. The summed E-state index contributed by atoms with van der Waals surface area (Å²) < 4.78 is 10.00. The Labute approximate surface area is 115 Å². The molecule has 0 radical (unpaired) electrons. The maximum absolute atomic E-state index is 11.7. The minimum atomic E-state index is -0.176. The number of piperidine rings is 1. The van der Waals surface area contributed by atoms with Gasteiger partial charge in [-0.25, -0.2) is 0 Å². The molecule has 1 fully saturated rings. The van der Waals surface area contributed by atoms with Crippen LogP contribution in [0, 0.1) is 5.92 Å². The Morgan fingerprint density at radius 3 is 2.53 bits per heavy atom. The Kier molecular flexibility index (Phi) is 6.84. The average Bonchev–Trinajstić information content (AvgIpc) is 2.38. The lowest BCUT2D eigenvalue weighted by Crippen LogP contribution is -2.48. The van der Waals surface area contributed by atoms with Crippen LogP contribution in [0.2, 0.25) is 0 Å². The molecular formula is C14H25NO4. The first-order chi connectivity index (χ1) is 9.08. The standard InChI is InChI=1S/C14H25NO4/c1-4-18-13(16)9-11-7-6-8-12(15-11)10(3)14(17)19-5-2/h10-12,15H,4-9H2,1-3H3. The largest absolute Gasteiger partial charge is 0.466 e. The summed E-state index contributed by atoms with van der Waals surface area (Å²) in [7, 11) is 0. The number of hydrogen-bond acceptors (Lipinski definition) is 5. The molecule has 5 nitrogen and oxygen atoms in total. The quantitative estimate of drug-likeness (QED) is 0.744. The molecule has 0 aromatic rings. The first kappa shape index (κ1) is 16.0. The zero-order chi connectivity index (χ0) is 14.3. The molecule has 0 aliphatic carbocycles. The molecule has 1 heterocycles.